The Bertz CT molecular complexity index is 1570. The molecule has 1 heterocycles. The first-order valence-corrected chi connectivity index (χ1v) is 19.3. The lowest BCUT2D eigenvalue weighted by Gasteiger charge is -2.40. The number of urea groups is 1. The molecule has 50 heavy (non-hydrogen) atoms. The van der Waals surface area contributed by atoms with Gasteiger partial charge in [0.05, 0.1) is 22.2 Å². The largest absolute Gasteiger partial charge is 0.508 e. The van der Waals surface area contributed by atoms with Crippen LogP contribution in [-0.2, 0) is 29.0 Å². The highest BCUT2D eigenvalue weighted by Gasteiger charge is 2.50. The number of benzene rings is 1. The number of ketones is 1. The number of carbonyl (C=O) groups excluding carboxylic acids is 5. The zero-order chi connectivity index (χ0) is 37.2. The molecule has 5 amide bonds. The molecular weight excluding hydrogens is 662 g/mol. The van der Waals surface area contributed by atoms with Gasteiger partial charge in [-0.25, -0.2) is 13.2 Å². The van der Waals surface area contributed by atoms with E-state index in [-0.39, 0.29) is 34.8 Å². The number of hydrogen-bond donors (Lipinski definition) is 5. The van der Waals surface area contributed by atoms with Crippen LogP contribution in [0.1, 0.15) is 99.3 Å². The monoisotopic (exact) mass is 717 g/mol. The minimum absolute atomic E-state index is 0.0453. The Hall–Kier alpha value is -3.68. The number of aromatic hydroxyl groups is 1. The molecule has 3 fully saturated rings. The molecule has 1 aromatic carbocycles. The second-order valence-electron chi connectivity index (χ2n) is 16.7. The molecule has 1 aliphatic heterocycles. The van der Waals surface area contributed by atoms with Gasteiger partial charge in [0.1, 0.15) is 17.8 Å². The van der Waals surface area contributed by atoms with Crippen molar-refractivity contribution in [3.8, 4) is 5.75 Å². The molecule has 1 aromatic rings. The number of phenols is 1. The van der Waals surface area contributed by atoms with Gasteiger partial charge in [-0.2, -0.15) is 0 Å². The van der Waals surface area contributed by atoms with E-state index < -0.39 is 73.9 Å². The number of likely N-dealkylation sites (tertiary alicyclic amines) is 1. The van der Waals surface area contributed by atoms with Crippen molar-refractivity contribution >= 4 is 39.4 Å². The summed E-state index contributed by atoms with van der Waals surface area (Å²) >= 11 is 0. The smallest absolute Gasteiger partial charge is 0.315 e. The number of carbonyl (C=O) groups is 5. The molecule has 0 radical (unpaired) electrons. The molecule has 3 aliphatic rings. The molecule has 0 bridgehead atoms. The molecule has 14 heteroatoms. The van der Waals surface area contributed by atoms with Crippen molar-refractivity contribution in [1.29, 1.82) is 0 Å². The van der Waals surface area contributed by atoms with E-state index in [2.05, 4.69) is 16.0 Å². The number of amides is 5. The van der Waals surface area contributed by atoms with E-state index in [9.17, 15) is 37.5 Å². The molecule has 0 aromatic heterocycles. The molecule has 6 N–H and O–H groups in total. The topological polar surface area (TPSA) is 205 Å². The number of nitrogens with zero attached hydrogens (tertiary/aromatic N) is 1. The highest BCUT2D eigenvalue weighted by molar-refractivity contribution is 7.91. The van der Waals surface area contributed by atoms with Gasteiger partial charge in [-0.15, -0.1) is 0 Å². The van der Waals surface area contributed by atoms with Crippen LogP contribution in [0, 0.1) is 22.7 Å². The number of rotatable bonds is 12. The Morgan fingerprint density at radius 1 is 0.980 bits per heavy atom. The number of primary amides is 1. The third-order valence-corrected chi connectivity index (χ3v) is 12.3. The van der Waals surface area contributed by atoms with Crippen molar-refractivity contribution in [2.75, 3.05) is 12.3 Å². The quantitative estimate of drug-likeness (QED) is 0.203. The van der Waals surface area contributed by atoms with Crippen LogP contribution in [0.5, 0.6) is 5.75 Å². The lowest BCUT2D eigenvalue weighted by Crippen LogP contribution is -2.63. The number of nitrogens with one attached hydrogen (secondary N) is 3. The molecule has 4 atom stereocenters. The van der Waals surface area contributed by atoms with Gasteiger partial charge in [-0.3, -0.25) is 19.2 Å². The van der Waals surface area contributed by atoms with Crippen molar-refractivity contribution in [2.24, 2.45) is 28.4 Å². The van der Waals surface area contributed by atoms with Gasteiger partial charge in [0.15, 0.2) is 9.84 Å². The molecular formula is C36H55N5O8S. The number of sulfone groups is 1. The normalized spacial score (nSPS) is 22.2. The summed E-state index contributed by atoms with van der Waals surface area (Å²) in [5.41, 5.74) is 2.99. The van der Waals surface area contributed by atoms with Crippen molar-refractivity contribution in [3.05, 3.63) is 24.3 Å². The first-order valence-electron chi connectivity index (χ1n) is 17.7. The summed E-state index contributed by atoms with van der Waals surface area (Å²) in [5.74, 6) is -3.67. The third kappa shape index (κ3) is 9.55. The average Bonchev–Trinajstić information content (AvgIpc) is 3.70. The van der Waals surface area contributed by atoms with Gasteiger partial charge in [-0.05, 0) is 66.5 Å². The fourth-order valence-electron chi connectivity index (χ4n) is 7.50. The molecule has 0 spiro atoms. The zero-order valence-corrected chi connectivity index (χ0v) is 31.0. The van der Waals surface area contributed by atoms with Crippen molar-refractivity contribution in [3.63, 3.8) is 0 Å². The Morgan fingerprint density at radius 3 is 2.16 bits per heavy atom. The van der Waals surface area contributed by atoms with Gasteiger partial charge >= 0.3 is 6.03 Å². The average molecular weight is 718 g/mol. The first-order chi connectivity index (χ1) is 23.1. The second kappa shape index (κ2) is 14.9. The predicted octanol–water partition coefficient (Wildman–Crippen LogP) is 3.19. The molecule has 1 saturated heterocycles. The van der Waals surface area contributed by atoms with E-state index in [0.717, 1.165) is 19.3 Å². The number of hydrogen-bond acceptors (Lipinski definition) is 8. The molecule has 2 saturated carbocycles. The standard InChI is InChI=1S/C36H55N5O8S/c1-34(2,3)25-15-18-41(27(25)31(45)38-26(19-22-13-14-22)28(43)30(37)44)32(46)29(35(4,5)6)39-33(47)40-36(16-8-7-9-17-36)21-50(48,49)24-12-10-11-23(42)20-24/h10-12,20,22,25-27,29,42H,7-9,13-19,21H2,1-6H3,(H2,37,44)(H,38,45)(H2,39,40,47)/t25?,26?,27?,29-/m1/s1. The highest BCUT2D eigenvalue weighted by Crippen LogP contribution is 2.40. The Kier molecular flexibility index (Phi) is 11.6. The molecule has 278 valence electrons. The van der Waals surface area contributed by atoms with Crippen molar-refractivity contribution in [2.45, 2.75) is 128 Å². The van der Waals surface area contributed by atoms with Crippen LogP contribution in [0.4, 0.5) is 4.79 Å². The van der Waals surface area contributed by atoms with Gasteiger partial charge in [0.25, 0.3) is 5.91 Å². The Balaban J connectivity index is 1.58. The van der Waals surface area contributed by atoms with E-state index in [1.54, 1.807) is 20.8 Å². The van der Waals surface area contributed by atoms with Gasteiger partial charge < -0.3 is 31.7 Å². The minimum Gasteiger partial charge on any atom is -0.508 e. The summed E-state index contributed by atoms with van der Waals surface area (Å²) in [6, 6.07) is 1.57. The van der Waals surface area contributed by atoms with Gasteiger partial charge in [0.2, 0.25) is 17.6 Å². The molecule has 13 nitrogen and oxygen atoms in total. The summed E-state index contributed by atoms with van der Waals surface area (Å²) in [6.45, 7) is 11.5. The lowest BCUT2D eigenvalue weighted by molar-refractivity contribution is -0.145. The number of nitrogens with two attached hydrogens (primary N) is 1. The SMILES string of the molecule is CC(C)(C)C1CCN(C(=O)[C@@H](NC(=O)NC2(CS(=O)(=O)c3cccc(O)c3)CCCCC2)C(C)(C)C)C1C(=O)NC(CC1CC1)C(=O)C(N)=O. The minimum atomic E-state index is -3.91. The van der Waals surface area contributed by atoms with Gasteiger partial charge in [0, 0.05) is 6.54 Å². The molecule has 3 unspecified atom stereocenters. The van der Waals surface area contributed by atoms with E-state index in [1.165, 1.54) is 29.2 Å². The van der Waals surface area contributed by atoms with Crippen LogP contribution in [-0.4, -0.2) is 83.9 Å². The van der Waals surface area contributed by atoms with Gasteiger partial charge in [-0.1, -0.05) is 79.7 Å². The summed E-state index contributed by atoms with van der Waals surface area (Å²) in [6.07, 6.45) is 5.71. The lowest BCUT2D eigenvalue weighted by atomic mass is 9.75. The number of Topliss-reactive ketones (excluding diaryl/α,β-unsaturated/α-hetero) is 1. The van der Waals surface area contributed by atoms with Crippen LogP contribution in [0.25, 0.3) is 0 Å². The van der Waals surface area contributed by atoms with Crippen molar-refractivity contribution < 1.29 is 37.5 Å². The van der Waals surface area contributed by atoms with E-state index in [1.807, 2.05) is 20.8 Å². The van der Waals surface area contributed by atoms with E-state index in [4.69, 9.17) is 5.73 Å². The van der Waals surface area contributed by atoms with Crippen LogP contribution in [0.2, 0.25) is 0 Å². The van der Waals surface area contributed by atoms with Crippen LogP contribution in [0.3, 0.4) is 0 Å². The summed E-state index contributed by atoms with van der Waals surface area (Å²) < 4.78 is 27.0. The Labute approximate surface area is 295 Å². The Morgan fingerprint density at radius 2 is 1.62 bits per heavy atom. The molecule has 4 rings (SSSR count). The van der Waals surface area contributed by atoms with Crippen molar-refractivity contribution in [1.82, 2.24) is 20.9 Å². The maximum atomic E-state index is 14.5. The third-order valence-electron chi connectivity index (χ3n) is 10.4. The predicted molar refractivity (Wildman–Crippen MR) is 187 cm³/mol. The maximum absolute atomic E-state index is 14.5. The van der Waals surface area contributed by atoms with Crippen LogP contribution >= 0.6 is 0 Å². The fraction of sp³-hybridized carbons (Fsp3) is 0.694. The van der Waals surface area contributed by atoms with E-state index in [0.29, 0.717) is 38.5 Å². The summed E-state index contributed by atoms with van der Waals surface area (Å²) in [4.78, 5) is 68.3. The first kappa shape index (κ1) is 39.1. The van der Waals surface area contributed by atoms with Crippen LogP contribution < -0.4 is 21.7 Å². The summed E-state index contributed by atoms with van der Waals surface area (Å²) in [7, 11) is -3.91. The fourth-order valence-corrected chi connectivity index (χ4v) is 9.34. The second-order valence-corrected chi connectivity index (χ2v) is 18.7. The number of phenolic OH excluding ortho intramolecular Hbond substituents is 1. The van der Waals surface area contributed by atoms with Crippen LogP contribution in [0.15, 0.2) is 29.2 Å². The zero-order valence-electron chi connectivity index (χ0n) is 30.2. The molecule has 2 aliphatic carbocycles. The van der Waals surface area contributed by atoms with E-state index >= 15 is 0 Å². The summed E-state index contributed by atoms with van der Waals surface area (Å²) in [5, 5.41) is 18.4. The highest BCUT2D eigenvalue weighted by atomic mass is 32.2. The maximum Gasteiger partial charge on any atom is 0.315 e.